The van der Waals surface area contributed by atoms with E-state index in [4.69, 9.17) is 34.8 Å². The molecule has 2 amide bonds. The minimum absolute atomic E-state index is 0.00748. The summed E-state index contributed by atoms with van der Waals surface area (Å²) in [5.41, 5.74) is 6.56. The Bertz CT molecular complexity index is 988. The van der Waals surface area contributed by atoms with Crippen molar-refractivity contribution in [3.8, 4) is 0 Å². The summed E-state index contributed by atoms with van der Waals surface area (Å²) in [5, 5.41) is 5.75. The Labute approximate surface area is 179 Å². The third-order valence-corrected chi connectivity index (χ3v) is 5.10. The lowest BCUT2D eigenvalue weighted by Gasteiger charge is -2.11. The lowest BCUT2D eigenvalue weighted by molar-refractivity contribution is -0.120. The van der Waals surface area contributed by atoms with Gasteiger partial charge in [0.15, 0.2) is 5.13 Å². The number of halogens is 3. The molecule has 28 heavy (non-hydrogen) atoms. The number of carbonyl (C=O) groups is 2. The first kappa shape index (κ1) is 20.4. The highest BCUT2D eigenvalue weighted by Gasteiger charge is 2.12. The molecule has 0 saturated heterocycles. The topological polar surface area (TPSA) is 83.1 Å². The second kappa shape index (κ2) is 9.25. The van der Waals surface area contributed by atoms with E-state index in [1.54, 1.807) is 29.6 Å². The van der Waals surface area contributed by atoms with Gasteiger partial charge in [0.05, 0.1) is 27.8 Å². The molecule has 0 aliphatic carbocycles. The molecule has 0 aliphatic rings. The lowest BCUT2D eigenvalue weighted by atomic mass is 10.2. The number of nitrogens with zero attached hydrogens (tertiary/aromatic N) is 1. The molecule has 3 N–H and O–H groups in total. The van der Waals surface area contributed by atoms with E-state index in [0.717, 1.165) is 0 Å². The Kier molecular flexibility index (Phi) is 6.74. The number of benzene rings is 2. The second-order valence-corrected chi connectivity index (χ2v) is 7.67. The van der Waals surface area contributed by atoms with Crippen molar-refractivity contribution in [2.45, 2.75) is 6.42 Å². The molecule has 0 aliphatic heterocycles. The van der Waals surface area contributed by atoms with Crippen molar-refractivity contribution in [1.82, 2.24) is 10.4 Å². The first-order valence-corrected chi connectivity index (χ1v) is 9.94. The summed E-state index contributed by atoms with van der Waals surface area (Å²) in [6, 6.07) is 11.8. The van der Waals surface area contributed by atoms with Gasteiger partial charge in [-0.3, -0.25) is 25.8 Å². The fourth-order valence-electron chi connectivity index (χ4n) is 2.21. The zero-order valence-electron chi connectivity index (χ0n) is 14.1. The lowest BCUT2D eigenvalue weighted by Crippen LogP contribution is -2.31. The predicted molar refractivity (Wildman–Crippen MR) is 113 cm³/mol. The molecule has 0 radical (unpaired) electrons. The van der Waals surface area contributed by atoms with Crippen LogP contribution in [0.3, 0.4) is 0 Å². The average Bonchev–Trinajstić information content (AvgIpc) is 3.08. The summed E-state index contributed by atoms with van der Waals surface area (Å²) in [6.45, 7) is 0. The zero-order valence-corrected chi connectivity index (χ0v) is 17.2. The molecule has 144 valence electrons. The molecular formula is C18H13Cl3N4O2S. The summed E-state index contributed by atoms with van der Waals surface area (Å²) in [6.07, 6.45) is 0.00748. The van der Waals surface area contributed by atoms with E-state index >= 15 is 0 Å². The van der Waals surface area contributed by atoms with Crippen LogP contribution >= 0.6 is 46.1 Å². The molecule has 0 atom stereocenters. The number of nitrogens with one attached hydrogen (secondary N) is 3. The van der Waals surface area contributed by atoms with Gasteiger partial charge in [0.2, 0.25) is 5.91 Å². The van der Waals surface area contributed by atoms with Crippen LogP contribution in [-0.4, -0.2) is 16.8 Å². The van der Waals surface area contributed by atoms with Crippen LogP contribution in [0, 0.1) is 0 Å². The summed E-state index contributed by atoms with van der Waals surface area (Å²) in [5.74, 6) is -0.618. The van der Waals surface area contributed by atoms with E-state index in [0.29, 0.717) is 27.1 Å². The van der Waals surface area contributed by atoms with E-state index in [-0.39, 0.29) is 28.3 Å². The summed E-state index contributed by atoms with van der Waals surface area (Å²) < 4.78 is 0. The Morgan fingerprint density at radius 2 is 1.71 bits per heavy atom. The molecule has 0 fully saturated rings. The van der Waals surface area contributed by atoms with Gasteiger partial charge in [0, 0.05) is 16.0 Å². The van der Waals surface area contributed by atoms with Crippen molar-refractivity contribution in [3.63, 3.8) is 0 Å². The first-order chi connectivity index (χ1) is 13.4. The van der Waals surface area contributed by atoms with Gasteiger partial charge < -0.3 is 0 Å². The van der Waals surface area contributed by atoms with Crippen LogP contribution < -0.4 is 16.2 Å². The van der Waals surface area contributed by atoms with Gasteiger partial charge in [-0.25, -0.2) is 4.98 Å². The fraction of sp³-hybridized carbons (Fsp3) is 0.0556. The number of hydrazine groups is 1. The number of rotatable bonds is 6. The van der Waals surface area contributed by atoms with Crippen molar-refractivity contribution in [2.24, 2.45) is 0 Å². The van der Waals surface area contributed by atoms with Gasteiger partial charge in [-0.2, -0.15) is 0 Å². The van der Waals surface area contributed by atoms with Crippen LogP contribution in [0.4, 0.5) is 10.8 Å². The maximum atomic E-state index is 12.1. The monoisotopic (exact) mass is 454 g/mol. The number of carbonyl (C=O) groups excluding carboxylic acids is 2. The fourth-order valence-corrected chi connectivity index (χ4v) is 3.82. The number of thiazole rings is 1. The maximum Gasteiger partial charge on any atom is 0.257 e. The van der Waals surface area contributed by atoms with E-state index in [1.807, 2.05) is 6.07 Å². The molecule has 0 spiro atoms. The Hall–Kier alpha value is -2.32. The predicted octanol–water partition coefficient (Wildman–Crippen LogP) is 5.04. The van der Waals surface area contributed by atoms with E-state index < -0.39 is 0 Å². The SMILES string of the molecule is O=C(Cc1csc(NC(=O)c2ccccc2)n1)NNc1c(Cl)cc(Cl)cc1Cl. The number of anilines is 2. The summed E-state index contributed by atoms with van der Waals surface area (Å²) in [4.78, 5) is 28.5. The minimum Gasteiger partial charge on any atom is -0.298 e. The average molecular weight is 456 g/mol. The molecule has 0 saturated carbocycles. The van der Waals surface area contributed by atoms with Crippen LogP contribution in [0.15, 0.2) is 47.8 Å². The maximum absolute atomic E-state index is 12.1. The number of hydrogen-bond acceptors (Lipinski definition) is 5. The van der Waals surface area contributed by atoms with E-state index in [2.05, 4.69) is 21.2 Å². The third-order valence-electron chi connectivity index (χ3n) is 3.48. The molecule has 3 aromatic rings. The van der Waals surface area contributed by atoms with Gasteiger partial charge in [-0.05, 0) is 24.3 Å². The van der Waals surface area contributed by atoms with Crippen molar-refractivity contribution in [2.75, 3.05) is 10.7 Å². The van der Waals surface area contributed by atoms with Gasteiger partial charge in [-0.1, -0.05) is 53.0 Å². The van der Waals surface area contributed by atoms with Gasteiger partial charge in [-0.15, -0.1) is 11.3 Å². The molecule has 0 bridgehead atoms. The first-order valence-electron chi connectivity index (χ1n) is 7.92. The summed E-state index contributed by atoms with van der Waals surface area (Å²) in [7, 11) is 0. The highest BCUT2D eigenvalue weighted by molar-refractivity contribution is 7.14. The highest BCUT2D eigenvalue weighted by atomic mass is 35.5. The van der Waals surface area contributed by atoms with Crippen LogP contribution in [0.25, 0.3) is 0 Å². The highest BCUT2D eigenvalue weighted by Crippen LogP contribution is 2.33. The smallest absolute Gasteiger partial charge is 0.257 e. The van der Waals surface area contributed by atoms with Gasteiger partial charge in [0.1, 0.15) is 0 Å². The summed E-state index contributed by atoms with van der Waals surface area (Å²) >= 11 is 19.2. The van der Waals surface area contributed by atoms with Crippen LogP contribution in [0.2, 0.25) is 15.1 Å². The Balaban J connectivity index is 1.55. The molecular weight excluding hydrogens is 443 g/mol. The van der Waals surface area contributed by atoms with Crippen molar-refractivity contribution in [3.05, 3.63) is 74.2 Å². The zero-order chi connectivity index (χ0) is 20.1. The van der Waals surface area contributed by atoms with Crippen LogP contribution in [0.5, 0.6) is 0 Å². The Morgan fingerprint density at radius 1 is 1.04 bits per heavy atom. The number of aromatic nitrogens is 1. The van der Waals surface area contributed by atoms with Crippen LogP contribution in [-0.2, 0) is 11.2 Å². The quantitative estimate of drug-likeness (QED) is 0.455. The molecule has 0 unspecified atom stereocenters. The Morgan fingerprint density at radius 3 is 2.39 bits per heavy atom. The third kappa shape index (κ3) is 5.36. The molecule has 1 aromatic heterocycles. The van der Waals surface area contributed by atoms with E-state index in [1.165, 1.54) is 23.5 Å². The molecule has 10 heteroatoms. The molecule has 2 aromatic carbocycles. The largest absolute Gasteiger partial charge is 0.298 e. The van der Waals surface area contributed by atoms with Gasteiger partial charge >= 0.3 is 0 Å². The van der Waals surface area contributed by atoms with Crippen molar-refractivity contribution in [1.29, 1.82) is 0 Å². The standard InChI is InChI=1S/C18H13Cl3N4O2S/c19-11-6-13(20)16(14(21)7-11)25-24-15(26)8-12-9-28-18(22-12)23-17(27)10-4-2-1-3-5-10/h1-7,9,25H,8H2,(H,24,26)(H,22,23,27). The van der Waals surface area contributed by atoms with Crippen molar-refractivity contribution >= 4 is 68.8 Å². The van der Waals surface area contributed by atoms with E-state index in [9.17, 15) is 9.59 Å². The van der Waals surface area contributed by atoms with Crippen LogP contribution in [0.1, 0.15) is 16.1 Å². The normalized spacial score (nSPS) is 10.4. The molecule has 1 heterocycles. The molecule has 6 nitrogen and oxygen atoms in total. The van der Waals surface area contributed by atoms with Gasteiger partial charge in [0.25, 0.3) is 5.91 Å². The molecule has 3 rings (SSSR count). The number of amides is 2. The second-order valence-electron chi connectivity index (χ2n) is 5.56. The minimum atomic E-state index is -0.353. The van der Waals surface area contributed by atoms with Crippen molar-refractivity contribution < 1.29 is 9.59 Å². The number of hydrogen-bond donors (Lipinski definition) is 3.